The number of anilines is 1. The highest BCUT2D eigenvalue weighted by molar-refractivity contribution is 9.10. The number of pyridine rings is 1. The van der Waals surface area contributed by atoms with Gasteiger partial charge in [0.05, 0.1) is 0 Å². The number of aryl methyl sites for hydroxylation is 2. The molecule has 2 N–H and O–H groups in total. The lowest BCUT2D eigenvalue weighted by atomic mass is 9.99. The van der Waals surface area contributed by atoms with Crippen molar-refractivity contribution in [2.24, 2.45) is 0 Å². The van der Waals surface area contributed by atoms with Crippen molar-refractivity contribution in [2.45, 2.75) is 33.6 Å². The zero-order valence-corrected chi connectivity index (χ0v) is 13.8. The van der Waals surface area contributed by atoms with Crippen molar-refractivity contribution in [3.05, 3.63) is 45.6 Å². The van der Waals surface area contributed by atoms with Crippen molar-refractivity contribution in [3.8, 4) is 11.6 Å². The predicted molar refractivity (Wildman–Crippen MR) is 86.4 cm³/mol. The summed E-state index contributed by atoms with van der Waals surface area (Å²) in [7, 11) is 0. The maximum absolute atomic E-state index is 5.99. The Balaban J connectivity index is 2.41. The van der Waals surface area contributed by atoms with Crippen LogP contribution in [0.3, 0.4) is 0 Å². The normalized spacial score (nSPS) is 10.9. The van der Waals surface area contributed by atoms with Gasteiger partial charge in [-0.05, 0) is 64.5 Å². The molecule has 1 heterocycles. The minimum absolute atomic E-state index is 0.337. The summed E-state index contributed by atoms with van der Waals surface area (Å²) < 4.78 is 6.93. The molecule has 0 atom stereocenters. The third-order valence-corrected chi connectivity index (χ3v) is 4.09. The van der Waals surface area contributed by atoms with Crippen molar-refractivity contribution in [2.75, 3.05) is 5.73 Å². The lowest BCUT2D eigenvalue weighted by Gasteiger charge is -2.16. The van der Waals surface area contributed by atoms with E-state index >= 15 is 0 Å². The number of aromatic nitrogens is 1. The second-order valence-electron chi connectivity index (χ2n) is 5.28. The number of benzene rings is 1. The number of halogens is 1. The van der Waals surface area contributed by atoms with Crippen molar-refractivity contribution in [1.82, 2.24) is 4.98 Å². The Hall–Kier alpha value is -1.55. The molecule has 3 nitrogen and oxygen atoms in total. The van der Waals surface area contributed by atoms with E-state index in [-0.39, 0.29) is 0 Å². The van der Waals surface area contributed by atoms with Crippen LogP contribution in [-0.4, -0.2) is 4.98 Å². The van der Waals surface area contributed by atoms with Crippen LogP contribution in [0.2, 0.25) is 0 Å². The minimum atomic E-state index is 0.337. The van der Waals surface area contributed by atoms with Crippen molar-refractivity contribution in [1.29, 1.82) is 0 Å². The molecule has 1 aromatic heterocycles. The summed E-state index contributed by atoms with van der Waals surface area (Å²) in [5, 5.41) is 0. The van der Waals surface area contributed by atoms with Gasteiger partial charge in [-0.3, -0.25) is 0 Å². The number of nitrogen functional groups attached to an aromatic ring is 1. The zero-order chi connectivity index (χ0) is 14.9. The minimum Gasteiger partial charge on any atom is -0.439 e. The van der Waals surface area contributed by atoms with Gasteiger partial charge in [0.25, 0.3) is 0 Å². The lowest BCUT2D eigenvalue weighted by Crippen LogP contribution is -1.99. The molecule has 2 aromatic rings. The SMILES string of the molecule is Cc1cc(Oc2cc(C)c(Br)cn2)c(C(C)C)cc1N. The number of rotatable bonds is 3. The van der Waals surface area contributed by atoms with E-state index in [1.54, 1.807) is 6.20 Å². The summed E-state index contributed by atoms with van der Waals surface area (Å²) in [5.41, 5.74) is 9.98. The van der Waals surface area contributed by atoms with Crippen LogP contribution < -0.4 is 10.5 Å². The third kappa shape index (κ3) is 3.12. The van der Waals surface area contributed by atoms with E-state index in [1.807, 2.05) is 32.0 Å². The van der Waals surface area contributed by atoms with Gasteiger partial charge in [0.15, 0.2) is 0 Å². The monoisotopic (exact) mass is 334 g/mol. The third-order valence-electron chi connectivity index (χ3n) is 3.26. The molecule has 2 rings (SSSR count). The maximum Gasteiger partial charge on any atom is 0.219 e. The molecule has 0 aliphatic carbocycles. The van der Waals surface area contributed by atoms with Crippen LogP contribution >= 0.6 is 15.9 Å². The molecule has 0 fully saturated rings. The summed E-state index contributed by atoms with van der Waals surface area (Å²) in [6.45, 7) is 8.23. The highest BCUT2D eigenvalue weighted by Crippen LogP contribution is 2.34. The van der Waals surface area contributed by atoms with E-state index in [0.29, 0.717) is 11.8 Å². The average molecular weight is 335 g/mol. The van der Waals surface area contributed by atoms with Crippen LogP contribution in [0.5, 0.6) is 11.6 Å². The highest BCUT2D eigenvalue weighted by Gasteiger charge is 2.12. The molecule has 0 aliphatic rings. The quantitative estimate of drug-likeness (QED) is 0.807. The molecule has 0 amide bonds. The van der Waals surface area contributed by atoms with Gasteiger partial charge < -0.3 is 10.5 Å². The average Bonchev–Trinajstić information content (AvgIpc) is 2.37. The Bertz CT molecular complexity index is 639. The Morgan fingerprint density at radius 3 is 2.45 bits per heavy atom. The van der Waals surface area contributed by atoms with Gasteiger partial charge in [0.2, 0.25) is 5.88 Å². The first kappa shape index (κ1) is 14.9. The van der Waals surface area contributed by atoms with E-state index in [4.69, 9.17) is 10.5 Å². The summed E-state index contributed by atoms with van der Waals surface area (Å²) in [4.78, 5) is 4.29. The van der Waals surface area contributed by atoms with Crippen LogP contribution in [-0.2, 0) is 0 Å². The fraction of sp³-hybridized carbons (Fsp3) is 0.312. The molecule has 1 aromatic carbocycles. The molecule has 0 spiro atoms. The maximum atomic E-state index is 5.99. The van der Waals surface area contributed by atoms with Gasteiger partial charge in [-0.2, -0.15) is 0 Å². The number of nitrogens with two attached hydrogens (primary N) is 1. The molecule has 4 heteroatoms. The van der Waals surface area contributed by atoms with Gasteiger partial charge in [-0.15, -0.1) is 0 Å². The van der Waals surface area contributed by atoms with Crippen LogP contribution in [0, 0.1) is 13.8 Å². The van der Waals surface area contributed by atoms with Crippen LogP contribution in [0.4, 0.5) is 5.69 Å². The van der Waals surface area contributed by atoms with E-state index in [0.717, 1.165) is 32.6 Å². The number of hydrogen-bond donors (Lipinski definition) is 1. The van der Waals surface area contributed by atoms with E-state index in [9.17, 15) is 0 Å². The number of ether oxygens (including phenoxy) is 1. The predicted octanol–water partition coefficient (Wildman–Crippen LogP) is 4.96. The number of hydrogen-bond acceptors (Lipinski definition) is 3. The second-order valence-corrected chi connectivity index (χ2v) is 6.13. The van der Waals surface area contributed by atoms with Gasteiger partial charge in [0, 0.05) is 22.4 Å². The Morgan fingerprint density at radius 2 is 1.85 bits per heavy atom. The van der Waals surface area contributed by atoms with E-state index < -0.39 is 0 Å². The first-order valence-electron chi connectivity index (χ1n) is 6.58. The second kappa shape index (κ2) is 5.83. The molecular formula is C16H19BrN2O. The van der Waals surface area contributed by atoms with Crippen LogP contribution in [0.25, 0.3) is 0 Å². The summed E-state index contributed by atoms with van der Waals surface area (Å²) >= 11 is 3.44. The van der Waals surface area contributed by atoms with Crippen molar-refractivity contribution in [3.63, 3.8) is 0 Å². The smallest absolute Gasteiger partial charge is 0.219 e. The first-order valence-corrected chi connectivity index (χ1v) is 7.37. The molecular weight excluding hydrogens is 316 g/mol. The molecule has 0 bridgehead atoms. The Labute approximate surface area is 128 Å². The summed E-state index contributed by atoms with van der Waals surface area (Å²) in [6, 6.07) is 5.88. The van der Waals surface area contributed by atoms with Gasteiger partial charge in [-0.1, -0.05) is 13.8 Å². The molecule has 0 radical (unpaired) electrons. The molecule has 20 heavy (non-hydrogen) atoms. The fourth-order valence-corrected chi connectivity index (χ4v) is 2.15. The van der Waals surface area contributed by atoms with Crippen LogP contribution in [0.15, 0.2) is 28.9 Å². The zero-order valence-electron chi connectivity index (χ0n) is 12.2. The largest absolute Gasteiger partial charge is 0.439 e. The van der Waals surface area contributed by atoms with Crippen LogP contribution in [0.1, 0.15) is 36.5 Å². The van der Waals surface area contributed by atoms with Crippen molar-refractivity contribution < 1.29 is 4.74 Å². The standard InChI is InChI=1S/C16H19BrN2O/c1-9(2)12-7-14(18)11(4)5-15(12)20-16-6-10(3)13(17)8-19-16/h5-9H,18H2,1-4H3. The van der Waals surface area contributed by atoms with Crippen molar-refractivity contribution >= 4 is 21.6 Å². The fourth-order valence-electron chi connectivity index (χ4n) is 1.94. The highest BCUT2D eigenvalue weighted by atomic mass is 79.9. The molecule has 0 aliphatic heterocycles. The van der Waals surface area contributed by atoms with Gasteiger partial charge in [-0.25, -0.2) is 4.98 Å². The van der Waals surface area contributed by atoms with Gasteiger partial charge >= 0.3 is 0 Å². The molecule has 0 unspecified atom stereocenters. The topological polar surface area (TPSA) is 48.1 Å². The molecule has 106 valence electrons. The molecule has 0 saturated heterocycles. The summed E-state index contributed by atoms with van der Waals surface area (Å²) in [6.07, 6.45) is 1.75. The number of nitrogens with zero attached hydrogens (tertiary/aromatic N) is 1. The van der Waals surface area contributed by atoms with E-state index in [2.05, 4.69) is 34.8 Å². The Morgan fingerprint density at radius 1 is 1.15 bits per heavy atom. The molecule has 0 saturated carbocycles. The first-order chi connectivity index (χ1) is 9.38. The Kier molecular flexibility index (Phi) is 4.33. The summed E-state index contributed by atoms with van der Waals surface area (Å²) in [5.74, 6) is 1.75. The van der Waals surface area contributed by atoms with E-state index in [1.165, 1.54) is 0 Å². The van der Waals surface area contributed by atoms with Gasteiger partial charge in [0.1, 0.15) is 5.75 Å². The lowest BCUT2D eigenvalue weighted by molar-refractivity contribution is 0.453.